The lowest BCUT2D eigenvalue weighted by Crippen LogP contribution is -1.94. The number of hydrogen-bond donors (Lipinski definition) is 0. The molecule has 0 saturated carbocycles. The summed E-state index contributed by atoms with van der Waals surface area (Å²) in [7, 11) is 0. The van der Waals surface area contributed by atoms with Crippen molar-refractivity contribution < 1.29 is 4.79 Å². The van der Waals surface area contributed by atoms with E-state index in [9.17, 15) is 4.79 Å². The number of aromatic nitrogens is 1. The number of rotatable bonds is 4. The van der Waals surface area contributed by atoms with Gasteiger partial charge in [0.2, 0.25) is 0 Å². The van der Waals surface area contributed by atoms with Gasteiger partial charge in [-0.1, -0.05) is 37.3 Å². The van der Waals surface area contributed by atoms with E-state index >= 15 is 0 Å². The highest BCUT2D eigenvalue weighted by atomic mass is 16.1. The summed E-state index contributed by atoms with van der Waals surface area (Å²) in [6.45, 7) is 2.12. The van der Waals surface area contributed by atoms with E-state index in [1.54, 1.807) is 30.6 Å². The SMILES string of the molecule is CCc1ccc(/C=C/C(=O)c2cccnc2)cc1. The van der Waals surface area contributed by atoms with Gasteiger partial charge < -0.3 is 0 Å². The summed E-state index contributed by atoms with van der Waals surface area (Å²) in [6.07, 6.45) is 7.67. The van der Waals surface area contributed by atoms with Gasteiger partial charge in [0.05, 0.1) is 0 Å². The fourth-order valence-corrected chi connectivity index (χ4v) is 1.64. The first kappa shape index (κ1) is 12.2. The van der Waals surface area contributed by atoms with Crippen LogP contribution in [0.4, 0.5) is 0 Å². The molecule has 0 amide bonds. The molecule has 0 bridgehead atoms. The van der Waals surface area contributed by atoms with Crippen LogP contribution in [-0.4, -0.2) is 10.8 Å². The monoisotopic (exact) mass is 237 g/mol. The standard InChI is InChI=1S/C16H15NO/c1-2-13-5-7-14(8-6-13)9-10-16(18)15-4-3-11-17-12-15/h3-12H,2H2,1H3/b10-9+. The molecule has 2 heteroatoms. The number of hydrogen-bond acceptors (Lipinski definition) is 2. The number of ketones is 1. The average molecular weight is 237 g/mol. The van der Waals surface area contributed by atoms with Gasteiger partial charge in [-0.15, -0.1) is 0 Å². The molecule has 0 fully saturated rings. The van der Waals surface area contributed by atoms with Crippen molar-refractivity contribution in [2.24, 2.45) is 0 Å². The van der Waals surface area contributed by atoms with E-state index in [1.807, 2.05) is 18.2 Å². The smallest absolute Gasteiger partial charge is 0.187 e. The molecule has 1 heterocycles. The Labute approximate surface area is 107 Å². The van der Waals surface area contributed by atoms with Gasteiger partial charge in [0, 0.05) is 18.0 Å². The molecular formula is C16H15NO. The molecule has 0 spiro atoms. The van der Waals surface area contributed by atoms with Crippen molar-refractivity contribution in [3.05, 3.63) is 71.6 Å². The van der Waals surface area contributed by atoms with E-state index in [2.05, 4.69) is 24.0 Å². The highest BCUT2D eigenvalue weighted by molar-refractivity contribution is 6.06. The number of benzene rings is 1. The van der Waals surface area contributed by atoms with Crippen LogP contribution in [0.1, 0.15) is 28.4 Å². The largest absolute Gasteiger partial charge is 0.289 e. The number of pyridine rings is 1. The first-order valence-electron chi connectivity index (χ1n) is 6.01. The van der Waals surface area contributed by atoms with Crippen molar-refractivity contribution >= 4 is 11.9 Å². The molecule has 2 nitrogen and oxygen atoms in total. The molecule has 0 aliphatic carbocycles. The normalized spacial score (nSPS) is 10.7. The van der Waals surface area contributed by atoms with Gasteiger partial charge in [-0.25, -0.2) is 0 Å². The average Bonchev–Trinajstić information content (AvgIpc) is 2.46. The summed E-state index contributed by atoms with van der Waals surface area (Å²) in [5.41, 5.74) is 2.94. The summed E-state index contributed by atoms with van der Waals surface area (Å²) in [5, 5.41) is 0. The second-order valence-electron chi connectivity index (χ2n) is 4.03. The van der Waals surface area contributed by atoms with Gasteiger partial charge in [-0.05, 0) is 35.8 Å². The zero-order chi connectivity index (χ0) is 12.8. The van der Waals surface area contributed by atoms with E-state index in [0.717, 1.165) is 12.0 Å². The summed E-state index contributed by atoms with van der Waals surface area (Å²) < 4.78 is 0. The maximum absolute atomic E-state index is 11.8. The van der Waals surface area contributed by atoms with E-state index in [0.29, 0.717) is 5.56 Å². The molecule has 0 aliphatic rings. The van der Waals surface area contributed by atoms with Gasteiger partial charge in [-0.3, -0.25) is 9.78 Å². The van der Waals surface area contributed by atoms with E-state index in [4.69, 9.17) is 0 Å². The number of carbonyl (C=O) groups is 1. The minimum absolute atomic E-state index is 0.0253. The minimum atomic E-state index is -0.0253. The predicted molar refractivity (Wildman–Crippen MR) is 73.4 cm³/mol. The number of nitrogens with zero attached hydrogens (tertiary/aromatic N) is 1. The molecule has 0 atom stereocenters. The Balaban J connectivity index is 2.08. The van der Waals surface area contributed by atoms with Crippen LogP contribution in [0.2, 0.25) is 0 Å². The molecule has 1 aromatic heterocycles. The topological polar surface area (TPSA) is 30.0 Å². The van der Waals surface area contributed by atoms with Gasteiger partial charge in [0.15, 0.2) is 5.78 Å². The van der Waals surface area contributed by atoms with Gasteiger partial charge in [-0.2, -0.15) is 0 Å². The maximum atomic E-state index is 11.8. The van der Waals surface area contributed by atoms with Crippen LogP contribution < -0.4 is 0 Å². The van der Waals surface area contributed by atoms with Gasteiger partial charge >= 0.3 is 0 Å². The quantitative estimate of drug-likeness (QED) is 0.601. The molecular weight excluding hydrogens is 222 g/mol. The van der Waals surface area contributed by atoms with Crippen LogP contribution in [0.5, 0.6) is 0 Å². The van der Waals surface area contributed by atoms with Crippen molar-refractivity contribution in [1.82, 2.24) is 4.98 Å². The van der Waals surface area contributed by atoms with Gasteiger partial charge in [0.25, 0.3) is 0 Å². The number of allylic oxidation sites excluding steroid dienone is 1. The van der Waals surface area contributed by atoms with Crippen molar-refractivity contribution in [1.29, 1.82) is 0 Å². The molecule has 90 valence electrons. The highest BCUT2D eigenvalue weighted by Crippen LogP contribution is 2.08. The lowest BCUT2D eigenvalue weighted by atomic mass is 10.1. The predicted octanol–water partition coefficient (Wildman–Crippen LogP) is 3.54. The van der Waals surface area contributed by atoms with Crippen molar-refractivity contribution in [3.8, 4) is 0 Å². The van der Waals surface area contributed by atoms with Crippen LogP contribution in [0.3, 0.4) is 0 Å². The first-order chi connectivity index (χ1) is 8.79. The molecule has 0 aliphatic heterocycles. The van der Waals surface area contributed by atoms with Crippen molar-refractivity contribution in [3.63, 3.8) is 0 Å². The zero-order valence-corrected chi connectivity index (χ0v) is 10.3. The van der Waals surface area contributed by atoms with Crippen molar-refractivity contribution in [2.45, 2.75) is 13.3 Å². The Morgan fingerprint density at radius 3 is 2.61 bits per heavy atom. The molecule has 0 N–H and O–H groups in total. The fraction of sp³-hybridized carbons (Fsp3) is 0.125. The van der Waals surface area contributed by atoms with E-state index in [-0.39, 0.29) is 5.78 Å². The Morgan fingerprint density at radius 2 is 2.00 bits per heavy atom. The van der Waals surface area contributed by atoms with E-state index in [1.165, 1.54) is 5.56 Å². The van der Waals surface area contributed by atoms with Crippen molar-refractivity contribution in [2.75, 3.05) is 0 Å². The molecule has 2 rings (SSSR count). The zero-order valence-electron chi connectivity index (χ0n) is 10.3. The van der Waals surface area contributed by atoms with E-state index < -0.39 is 0 Å². The Morgan fingerprint density at radius 1 is 1.22 bits per heavy atom. The molecule has 0 unspecified atom stereocenters. The fourth-order valence-electron chi connectivity index (χ4n) is 1.64. The van der Waals surface area contributed by atoms with Crippen LogP contribution in [-0.2, 0) is 6.42 Å². The Hall–Kier alpha value is -2.22. The summed E-state index contributed by atoms with van der Waals surface area (Å²) in [4.78, 5) is 15.7. The first-order valence-corrected chi connectivity index (χ1v) is 6.01. The molecule has 1 aromatic carbocycles. The van der Waals surface area contributed by atoms with Gasteiger partial charge in [0.1, 0.15) is 0 Å². The minimum Gasteiger partial charge on any atom is -0.289 e. The summed E-state index contributed by atoms with van der Waals surface area (Å²) in [5.74, 6) is -0.0253. The Bertz CT molecular complexity index is 541. The molecule has 0 radical (unpaired) electrons. The summed E-state index contributed by atoms with van der Waals surface area (Å²) >= 11 is 0. The van der Waals surface area contributed by atoms with Crippen LogP contribution in [0.25, 0.3) is 6.08 Å². The van der Waals surface area contributed by atoms with Crippen LogP contribution in [0.15, 0.2) is 54.9 Å². The second-order valence-corrected chi connectivity index (χ2v) is 4.03. The summed E-state index contributed by atoms with van der Waals surface area (Å²) in [6, 6.07) is 11.7. The third kappa shape index (κ3) is 3.14. The number of aryl methyl sites for hydroxylation is 1. The Kier molecular flexibility index (Phi) is 4.02. The molecule has 0 saturated heterocycles. The molecule has 18 heavy (non-hydrogen) atoms. The third-order valence-corrected chi connectivity index (χ3v) is 2.76. The second kappa shape index (κ2) is 5.92. The number of carbonyl (C=O) groups excluding carboxylic acids is 1. The third-order valence-electron chi connectivity index (χ3n) is 2.76. The van der Waals surface area contributed by atoms with Crippen LogP contribution in [0, 0.1) is 0 Å². The maximum Gasteiger partial charge on any atom is 0.187 e. The molecule has 2 aromatic rings. The highest BCUT2D eigenvalue weighted by Gasteiger charge is 1.99. The lowest BCUT2D eigenvalue weighted by Gasteiger charge is -1.97. The lowest BCUT2D eigenvalue weighted by molar-refractivity contribution is 0.104. The van der Waals surface area contributed by atoms with Crippen LogP contribution >= 0.6 is 0 Å².